The van der Waals surface area contributed by atoms with E-state index in [0.717, 1.165) is 0 Å². The molecular weight excluding hydrogens is 652 g/mol. The van der Waals surface area contributed by atoms with Crippen molar-refractivity contribution in [2.24, 2.45) is 27.2 Å². The maximum atomic E-state index is 14.6. The molecule has 16 heteroatoms. The monoisotopic (exact) mass is 694 g/mol. The molecule has 1 aromatic rings. The van der Waals surface area contributed by atoms with Crippen molar-refractivity contribution in [2.75, 3.05) is 51.9 Å². The minimum absolute atomic E-state index is 0.0311. The number of likely N-dealkylation sites (N-methyl/N-ethyl adjacent to an activating group) is 1. The van der Waals surface area contributed by atoms with Crippen molar-refractivity contribution in [1.82, 2.24) is 10.2 Å². The first kappa shape index (κ1) is 39.7. The van der Waals surface area contributed by atoms with Gasteiger partial charge in [-0.3, -0.25) is 19.3 Å². The van der Waals surface area contributed by atoms with Crippen LogP contribution < -0.4 is 10.2 Å². The number of para-hydroxylation sites is 1. The number of carboxylic acid groups (broad SMARTS) is 2. The van der Waals surface area contributed by atoms with Crippen LogP contribution in [0.3, 0.4) is 0 Å². The van der Waals surface area contributed by atoms with Crippen LogP contribution in [-0.4, -0.2) is 104 Å². The molecular formula is C32H43ClN4O11. The second kappa shape index (κ2) is 16.1. The summed E-state index contributed by atoms with van der Waals surface area (Å²) in [6.07, 6.45) is 0.977. The summed E-state index contributed by atoms with van der Waals surface area (Å²) < 4.78 is 16.4. The number of amides is 2. The minimum Gasteiger partial charge on any atom is -0.473 e. The van der Waals surface area contributed by atoms with Gasteiger partial charge in [0.1, 0.15) is 0 Å². The summed E-state index contributed by atoms with van der Waals surface area (Å²) in [7, 11) is 3.76. The largest absolute Gasteiger partial charge is 0.473 e. The second-order valence-electron chi connectivity index (χ2n) is 12.2. The molecule has 0 saturated carbocycles. The van der Waals surface area contributed by atoms with Gasteiger partial charge in [0.2, 0.25) is 5.91 Å². The fourth-order valence-corrected chi connectivity index (χ4v) is 6.35. The number of aliphatic imine (C=N–C) groups is 1. The number of allylic oxidation sites excluding steroid dienone is 1. The Morgan fingerprint density at radius 2 is 1.50 bits per heavy atom. The Morgan fingerprint density at radius 1 is 0.958 bits per heavy atom. The number of alkyl carbamates (subject to hydrolysis) is 1. The first-order chi connectivity index (χ1) is 22.3. The summed E-state index contributed by atoms with van der Waals surface area (Å²) in [6, 6.07) is 6.70. The number of hydrogen-bond donors (Lipinski definition) is 3. The lowest BCUT2D eigenvalue weighted by atomic mass is 9.45. The molecule has 264 valence electrons. The zero-order valence-electron chi connectivity index (χ0n) is 28.3. The number of halogens is 1. The molecule has 1 aliphatic heterocycles. The smallest absolute Gasteiger partial charge is 0.414 e. The van der Waals surface area contributed by atoms with E-state index in [1.54, 1.807) is 71.9 Å². The number of benzene rings is 1. The fourth-order valence-electron chi connectivity index (χ4n) is 6.13. The van der Waals surface area contributed by atoms with Crippen LogP contribution in [0.15, 0.2) is 41.0 Å². The molecule has 15 nitrogen and oxygen atoms in total. The van der Waals surface area contributed by atoms with Crippen LogP contribution in [0.2, 0.25) is 5.02 Å². The molecule has 1 aliphatic carbocycles. The molecule has 1 unspecified atom stereocenters. The Balaban J connectivity index is 0.00000122. The van der Waals surface area contributed by atoms with E-state index in [9.17, 15) is 19.2 Å². The second-order valence-corrected chi connectivity index (χ2v) is 12.6. The van der Waals surface area contributed by atoms with Gasteiger partial charge in [-0.15, -0.1) is 0 Å². The van der Waals surface area contributed by atoms with Crippen molar-refractivity contribution in [2.45, 2.75) is 41.5 Å². The third-order valence-corrected chi connectivity index (χ3v) is 8.36. The number of rotatable bonds is 10. The highest BCUT2D eigenvalue weighted by molar-refractivity contribution is 6.36. The third-order valence-electron chi connectivity index (χ3n) is 8.04. The highest BCUT2D eigenvalue weighted by atomic mass is 35.5. The topological polar surface area (TPSA) is 201 Å². The van der Waals surface area contributed by atoms with E-state index >= 15 is 0 Å². The normalized spacial score (nSPS) is 18.6. The molecule has 0 bridgehead atoms. The van der Waals surface area contributed by atoms with Gasteiger partial charge in [-0.2, -0.15) is 0 Å². The predicted octanol–water partition coefficient (Wildman–Crippen LogP) is 3.21. The standard InChI is InChI=1S/C30H41ClN4O7.C2H2O4/c1-9-40-25(37)30(26(38)41-10-2)28(3,4)17-20-23(29(30,5)6)24(36)35(21-14-12-11-13-19(21)31)22(33-20)18-42-27(39)32-15-16-34(7)8;3-1(4)2(5)6/h11-14,17,23H,9-10,15-16,18H2,1-8H3,(H,32,39);(H,3,4)(H,5,6). The Kier molecular flexibility index (Phi) is 13.3. The van der Waals surface area contributed by atoms with Crippen molar-refractivity contribution in [3.8, 4) is 0 Å². The zero-order chi connectivity index (χ0) is 36.6. The molecule has 0 fully saturated rings. The Morgan fingerprint density at radius 3 is 1.98 bits per heavy atom. The van der Waals surface area contributed by atoms with Gasteiger partial charge in [0.05, 0.1) is 35.5 Å². The van der Waals surface area contributed by atoms with Gasteiger partial charge in [-0.05, 0) is 40.1 Å². The molecule has 2 amide bonds. The van der Waals surface area contributed by atoms with E-state index in [4.69, 9.17) is 50.6 Å². The Labute approximate surface area is 283 Å². The summed E-state index contributed by atoms with van der Waals surface area (Å²) in [6.45, 7) is 10.8. The number of nitrogens with one attached hydrogen (secondary N) is 1. The van der Waals surface area contributed by atoms with E-state index < -0.39 is 58.0 Å². The van der Waals surface area contributed by atoms with Crippen LogP contribution in [0, 0.1) is 22.2 Å². The van der Waals surface area contributed by atoms with Gasteiger partial charge in [0.15, 0.2) is 17.9 Å². The van der Waals surface area contributed by atoms with Crippen molar-refractivity contribution in [3.05, 3.63) is 41.1 Å². The van der Waals surface area contributed by atoms with Gasteiger partial charge in [-0.1, -0.05) is 57.5 Å². The molecule has 1 aromatic carbocycles. The molecule has 48 heavy (non-hydrogen) atoms. The molecule has 0 spiro atoms. The van der Waals surface area contributed by atoms with E-state index in [2.05, 4.69) is 5.32 Å². The van der Waals surface area contributed by atoms with E-state index in [1.807, 2.05) is 19.0 Å². The summed E-state index contributed by atoms with van der Waals surface area (Å²) >= 11 is 6.54. The van der Waals surface area contributed by atoms with Crippen LogP contribution >= 0.6 is 11.6 Å². The summed E-state index contributed by atoms with van der Waals surface area (Å²) in [5.41, 5.74) is -3.80. The maximum absolute atomic E-state index is 14.6. The number of amidine groups is 1. The number of anilines is 1. The van der Waals surface area contributed by atoms with Crippen molar-refractivity contribution in [3.63, 3.8) is 0 Å². The molecule has 1 atom stereocenters. The van der Waals surface area contributed by atoms with Gasteiger partial charge < -0.3 is 34.6 Å². The average molecular weight is 695 g/mol. The van der Waals surface area contributed by atoms with Crippen LogP contribution in [0.1, 0.15) is 41.5 Å². The number of aliphatic carboxylic acids is 2. The lowest BCUT2D eigenvalue weighted by Gasteiger charge is -2.57. The number of carboxylic acids is 2. The molecule has 0 radical (unpaired) electrons. The van der Waals surface area contributed by atoms with Crippen molar-refractivity contribution < 1.29 is 53.2 Å². The fraction of sp³-hybridized carbons (Fsp3) is 0.531. The molecule has 1 heterocycles. The number of carbonyl (C=O) groups is 6. The molecule has 0 saturated heterocycles. The molecule has 0 aromatic heterocycles. The Hall–Kier alpha value is -4.50. The Bertz CT molecular complexity index is 1460. The number of nitrogens with zero attached hydrogens (tertiary/aromatic N) is 3. The average Bonchev–Trinajstić information content (AvgIpc) is 2.96. The van der Waals surface area contributed by atoms with Crippen LogP contribution in [0.5, 0.6) is 0 Å². The number of fused-ring (bicyclic) bond motifs is 1. The molecule has 3 rings (SSSR count). The quantitative estimate of drug-likeness (QED) is 0.140. The van der Waals surface area contributed by atoms with Crippen molar-refractivity contribution >= 4 is 59.0 Å². The van der Waals surface area contributed by atoms with E-state index in [0.29, 0.717) is 24.5 Å². The van der Waals surface area contributed by atoms with Crippen LogP contribution in [0.25, 0.3) is 0 Å². The maximum Gasteiger partial charge on any atom is 0.414 e. The lowest BCUT2D eigenvalue weighted by molar-refractivity contribution is -0.198. The molecule has 2 aliphatic rings. The highest BCUT2D eigenvalue weighted by Crippen LogP contribution is 2.63. The van der Waals surface area contributed by atoms with Gasteiger partial charge in [0.25, 0.3) is 0 Å². The van der Waals surface area contributed by atoms with Gasteiger partial charge in [-0.25, -0.2) is 19.4 Å². The summed E-state index contributed by atoms with van der Waals surface area (Å²) in [5.74, 6) is -6.64. The first-order valence-electron chi connectivity index (χ1n) is 15.1. The van der Waals surface area contributed by atoms with Crippen LogP contribution in [-0.2, 0) is 38.2 Å². The highest BCUT2D eigenvalue weighted by Gasteiger charge is 2.73. The number of ether oxygens (including phenoxy) is 3. The first-order valence-corrected chi connectivity index (χ1v) is 15.4. The van der Waals surface area contributed by atoms with E-state index in [1.165, 1.54) is 4.90 Å². The predicted molar refractivity (Wildman–Crippen MR) is 174 cm³/mol. The number of esters is 2. The van der Waals surface area contributed by atoms with Crippen LogP contribution in [0.4, 0.5) is 10.5 Å². The lowest BCUT2D eigenvalue weighted by Crippen LogP contribution is -2.67. The molecule has 3 N–H and O–H groups in total. The SMILES string of the molecule is CCOC(=O)C1(C(=O)OCC)C(C)(C)C=C2N=C(COC(=O)NCCN(C)C)N(c3ccccc3Cl)C(=O)C2C1(C)C.O=C(O)C(=O)O. The number of carbonyl (C=O) groups excluding carboxylic acids is 4. The van der Waals surface area contributed by atoms with E-state index in [-0.39, 0.29) is 30.7 Å². The summed E-state index contributed by atoms with van der Waals surface area (Å²) in [4.78, 5) is 80.9. The van der Waals surface area contributed by atoms with Crippen molar-refractivity contribution in [1.29, 1.82) is 0 Å². The summed E-state index contributed by atoms with van der Waals surface area (Å²) in [5, 5.41) is 17.7. The van der Waals surface area contributed by atoms with Gasteiger partial charge in [0, 0.05) is 23.9 Å². The number of hydrogen-bond acceptors (Lipinski definition) is 11. The third kappa shape index (κ3) is 7.96. The zero-order valence-corrected chi connectivity index (χ0v) is 29.0. The minimum atomic E-state index is -1.89. The van der Waals surface area contributed by atoms with Gasteiger partial charge >= 0.3 is 30.0 Å².